The molecule has 0 radical (unpaired) electrons. The number of hydrogen-bond acceptors (Lipinski definition) is 7. The predicted octanol–water partition coefficient (Wildman–Crippen LogP) is 5.33. The SMILES string of the molecule is CC(=O)OCC1(C)C(OC(C)=O)CC[C@]2(C)[C@H]3Cc4c(cc(-c5ccccc5)oc4=O)O[C@]3(C)CC[C@@H]12. The number of carbonyl (C=O) groups is 2. The summed E-state index contributed by atoms with van der Waals surface area (Å²) in [6.45, 7) is 9.51. The van der Waals surface area contributed by atoms with E-state index in [9.17, 15) is 14.4 Å². The minimum absolute atomic E-state index is 0.0478. The highest BCUT2D eigenvalue weighted by atomic mass is 16.6. The highest BCUT2D eigenvalue weighted by molar-refractivity contribution is 5.67. The topological polar surface area (TPSA) is 92.0 Å². The summed E-state index contributed by atoms with van der Waals surface area (Å²) in [5.41, 5.74) is -0.183. The van der Waals surface area contributed by atoms with Crippen molar-refractivity contribution < 1.29 is 28.2 Å². The molecule has 2 aromatic rings. The summed E-state index contributed by atoms with van der Waals surface area (Å²) in [7, 11) is 0. The average Bonchev–Trinajstić information content (AvgIpc) is 2.84. The number of fused-ring (bicyclic) bond motifs is 4. The van der Waals surface area contributed by atoms with E-state index in [0.717, 1.165) is 24.8 Å². The lowest BCUT2D eigenvalue weighted by Crippen LogP contribution is -2.65. The first-order valence-electron chi connectivity index (χ1n) is 13.2. The molecule has 37 heavy (non-hydrogen) atoms. The third-order valence-electron chi connectivity index (χ3n) is 9.45. The number of esters is 2. The van der Waals surface area contributed by atoms with E-state index < -0.39 is 11.0 Å². The van der Waals surface area contributed by atoms with Crippen LogP contribution < -0.4 is 10.4 Å². The standard InChI is InChI=1S/C30H36O7/c1-18(31)34-17-29(4)24-11-14-30(5)25(28(24,3)13-12-26(29)35-19(2)32)15-21-23(37-30)16-22(36-27(21)33)20-9-7-6-8-10-20/h6-10,16,24-26H,11-15,17H2,1-5H3/t24-,25-,26?,28+,29?,30-/m1/s1. The first-order chi connectivity index (χ1) is 17.5. The molecule has 0 N–H and O–H groups in total. The average molecular weight is 509 g/mol. The lowest BCUT2D eigenvalue weighted by Gasteiger charge is -2.64. The Balaban J connectivity index is 1.53. The van der Waals surface area contributed by atoms with Crippen molar-refractivity contribution in [3.05, 3.63) is 52.4 Å². The van der Waals surface area contributed by atoms with Crippen LogP contribution in [-0.2, 0) is 25.5 Å². The van der Waals surface area contributed by atoms with Crippen LogP contribution in [0.2, 0.25) is 0 Å². The van der Waals surface area contributed by atoms with Crippen molar-refractivity contribution in [1.29, 1.82) is 0 Å². The van der Waals surface area contributed by atoms with Crippen molar-refractivity contribution in [3.63, 3.8) is 0 Å². The van der Waals surface area contributed by atoms with E-state index in [1.807, 2.05) is 36.4 Å². The molecule has 1 aromatic carbocycles. The Morgan fingerprint density at radius 2 is 1.73 bits per heavy atom. The lowest BCUT2D eigenvalue weighted by molar-refractivity contribution is -0.219. The predicted molar refractivity (Wildman–Crippen MR) is 137 cm³/mol. The fraction of sp³-hybridized carbons (Fsp3) is 0.567. The summed E-state index contributed by atoms with van der Waals surface area (Å²) in [6.07, 6.45) is 3.30. The quantitative estimate of drug-likeness (QED) is 0.516. The highest BCUT2D eigenvalue weighted by Gasteiger charge is 2.65. The maximum absolute atomic E-state index is 13.2. The van der Waals surface area contributed by atoms with Crippen molar-refractivity contribution in [3.8, 4) is 17.1 Å². The van der Waals surface area contributed by atoms with E-state index in [0.29, 0.717) is 29.9 Å². The van der Waals surface area contributed by atoms with Gasteiger partial charge in [0, 0.05) is 36.8 Å². The molecular weight excluding hydrogens is 472 g/mol. The zero-order valence-corrected chi connectivity index (χ0v) is 22.3. The van der Waals surface area contributed by atoms with E-state index in [1.54, 1.807) is 0 Å². The van der Waals surface area contributed by atoms with Gasteiger partial charge in [0.2, 0.25) is 0 Å². The normalized spacial score (nSPS) is 34.2. The van der Waals surface area contributed by atoms with Crippen LogP contribution in [-0.4, -0.2) is 30.3 Å². The van der Waals surface area contributed by atoms with Gasteiger partial charge in [-0.15, -0.1) is 0 Å². The van der Waals surface area contributed by atoms with Gasteiger partial charge in [-0.1, -0.05) is 44.2 Å². The fourth-order valence-electron chi connectivity index (χ4n) is 7.69. The molecular formula is C30H36O7. The number of rotatable bonds is 4. The molecule has 2 unspecified atom stereocenters. The van der Waals surface area contributed by atoms with Crippen molar-refractivity contribution >= 4 is 11.9 Å². The largest absolute Gasteiger partial charge is 0.487 e. The Hall–Kier alpha value is -3.09. The summed E-state index contributed by atoms with van der Waals surface area (Å²) in [4.78, 5) is 37.0. The van der Waals surface area contributed by atoms with Gasteiger partial charge in [-0.2, -0.15) is 0 Å². The molecule has 2 saturated carbocycles. The van der Waals surface area contributed by atoms with Crippen LogP contribution in [0.3, 0.4) is 0 Å². The van der Waals surface area contributed by atoms with Crippen molar-refractivity contribution in [1.82, 2.24) is 0 Å². The van der Waals surface area contributed by atoms with Crippen LogP contribution in [0, 0.1) is 22.7 Å². The maximum Gasteiger partial charge on any atom is 0.343 e. The van der Waals surface area contributed by atoms with Gasteiger partial charge in [0.1, 0.15) is 29.8 Å². The molecule has 0 amide bonds. The Labute approximate surface area is 217 Å². The van der Waals surface area contributed by atoms with E-state index in [1.165, 1.54) is 13.8 Å². The summed E-state index contributed by atoms with van der Waals surface area (Å²) >= 11 is 0. The van der Waals surface area contributed by atoms with Crippen LogP contribution in [0.15, 0.2) is 45.6 Å². The second-order valence-corrected chi connectivity index (χ2v) is 11.8. The van der Waals surface area contributed by atoms with Crippen LogP contribution in [0.4, 0.5) is 0 Å². The van der Waals surface area contributed by atoms with Gasteiger partial charge in [-0.25, -0.2) is 4.79 Å². The van der Waals surface area contributed by atoms with E-state index in [-0.39, 0.29) is 47.5 Å². The fourth-order valence-corrected chi connectivity index (χ4v) is 7.69. The molecule has 1 aromatic heterocycles. The molecule has 0 bridgehead atoms. The second kappa shape index (κ2) is 9.03. The minimum atomic E-state index is -0.548. The summed E-state index contributed by atoms with van der Waals surface area (Å²) in [5.74, 6) is 0.583. The molecule has 1 aliphatic heterocycles. The Kier molecular flexibility index (Phi) is 6.24. The third kappa shape index (κ3) is 4.26. The molecule has 7 nitrogen and oxygen atoms in total. The molecule has 7 heteroatoms. The molecule has 5 rings (SSSR count). The van der Waals surface area contributed by atoms with Gasteiger partial charge < -0.3 is 18.6 Å². The molecule has 3 aliphatic rings. The van der Waals surface area contributed by atoms with Crippen molar-refractivity contribution in [2.24, 2.45) is 22.7 Å². The zero-order valence-electron chi connectivity index (χ0n) is 22.3. The van der Waals surface area contributed by atoms with Gasteiger partial charge in [0.05, 0.1) is 5.56 Å². The van der Waals surface area contributed by atoms with Gasteiger partial charge in [-0.3, -0.25) is 9.59 Å². The Morgan fingerprint density at radius 1 is 1.00 bits per heavy atom. The lowest BCUT2D eigenvalue weighted by atomic mass is 9.43. The number of hydrogen-bond donors (Lipinski definition) is 0. The van der Waals surface area contributed by atoms with Crippen LogP contribution in [0.5, 0.6) is 5.75 Å². The summed E-state index contributed by atoms with van der Waals surface area (Å²) in [6, 6.07) is 11.4. The number of carbonyl (C=O) groups excluding carboxylic acids is 2. The molecule has 0 saturated heterocycles. The maximum atomic E-state index is 13.2. The van der Waals surface area contributed by atoms with Gasteiger partial charge in [0.15, 0.2) is 0 Å². The number of benzene rings is 1. The summed E-state index contributed by atoms with van der Waals surface area (Å²) in [5, 5.41) is 0. The summed E-state index contributed by atoms with van der Waals surface area (Å²) < 4.78 is 23.8. The Morgan fingerprint density at radius 3 is 2.41 bits per heavy atom. The Bertz CT molecular complexity index is 1270. The van der Waals surface area contributed by atoms with Crippen molar-refractivity contribution in [2.45, 2.75) is 78.4 Å². The molecule has 6 atom stereocenters. The monoisotopic (exact) mass is 508 g/mol. The zero-order chi connectivity index (χ0) is 26.6. The molecule has 2 aliphatic carbocycles. The molecule has 198 valence electrons. The first-order valence-corrected chi connectivity index (χ1v) is 13.2. The molecule has 0 spiro atoms. The van der Waals surface area contributed by atoms with Crippen LogP contribution in [0.1, 0.15) is 65.9 Å². The molecule has 2 fully saturated rings. The van der Waals surface area contributed by atoms with Gasteiger partial charge in [-0.05, 0) is 50.4 Å². The van der Waals surface area contributed by atoms with Gasteiger partial charge in [0.25, 0.3) is 0 Å². The minimum Gasteiger partial charge on any atom is -0.487 e. The van der Waals surface area contributed by atoms with Gasteiger partial charge >= 0.3 is 17.6 Å². The highest BCUT2D eigenvalue weighted by Crippen LogP contribution is 2.65. The third-order valence-corrected chi connectivity index (χ3v) is 9.45. The number of ether oxygens (including phenoxy) is 3. The van der Waals surface area contributed by atoms with E-state index in [2.05, 4.69) is 20.8 Å². The van der Waals surface area contributed by atoms with Crippen molar-refractivity contribution in [2.75, 3.05) is 6.61 Å². The molecule has 2 heterocycles. The second-order valence-electron chi connectivity index (χ2n) is 11.8. The first kappa shape index (κ1) is 25.6. The smallest absolute Gasteiger partial charge is 0.343 e. The van der Waals surface area contributed by atoms with E-state index in [4.69, 9.17) is 18.6 Å². The van der Waals surface area contributed by atoms with Crippen LogP contribution in [0.25, 0.3) is 11.3 Å². The van der Waals surface area contributed by atoms with E-state index >= 15 is 0 Å². The van der Waals surface area contributed by atoms with Crippen LogP contribution >= 0.6 is 0 Å².